The Bertz CT molecular complexity index is 936. The lowest BCUT2D eigenvalue weighted by atomic mass is 9.96. The first-order valence-electron chi connectivity index (χ1n) is 11.3. The quantitative estimate of drug-likeness (QED) is 0.147. The van der Waals surface area contributed by atoms with Gasteiger partial charge < -0.3 is 42.1 Å². The number of phenolic OH excluding ortho intramolecular Hbond substituents is 1. The molecule has 13 nitrogen and oxygen atoms in total. The number of aliphatic hydroxyl groups excluding tert-OH is 1. The van der Waals surface area contributed by atoms with Crippen LogP contribution < -0.4 is 21.7 Å². The molecule has 0 aliphatic carbocycles. The van der Waals surface area contributed by atoms with E-state index in [-0.39, 0.29) is 12.2 Å². The van der Waals surface area contributed by atoms with Crippen molar-refractivity contribution in [2.75, 3.05) is 0 Å². The summed E-state index contributed by atoms with van der Waals surface area (Å²) < 4.78 is 0. The number of aliphatic carboxylic acids is 2. The van der Waals surface area contributed by atoms with Crippen LogP contribution in [0.25, 0.3) is 0 Å². The van der Waals surface area contributed by atoms with E-state index in [2.05, 4.69) is 16.0 Å². The number of aliphatic hydroxyl groups is 1. The number of carboxylic acid groups (broad SMARTS) is 2. The minimum Gasteiger partial charge on any atom is -0.508 e. The van der Waals surface area contributed by atoms with Gasteiger partial charge in [0, 0.05) is 6.42 Å². The first-order valence-corrected chi connectivity index (χ1v) is 11.3. The van der Waals surface area contributed by atoms with Crippen molar-refractivity contribution in [2.24, 2.45) is 11.7 Å². The lowest BCUT2D eigenvalue weighted by Gasteiger charge is -2.28. The summed E-state index contributed by atoms with van der Waals surface area (Å²) in [7, 11) is 0. The number of carbonyl (C=O) groups is 5. The first kappa shape index (κ1) is 30.3. The molecule has 3 amide bonds. The molecule has 0 bridgehead atoms. The second kappa shape index (κ2) is 14.0. The van der Waals surface area contributed by atoms with Crippen LogP contribution in [0.5, 0.6) is 5.75 Å². The van der Waals surface area contributed by atoms with E-state index < -0.39 is 72.3 Å². The predicted molar refractivity (Wildman–Crippen MR) is 127 cm³/mol. The van der Waals surface area contributed by atoms with E-state index in [9.17, 15) is 39.3 Å². The largest absolute Gasteiger partial charge is 0.508 e. The Morgan fingerprint density at radius 1 is 0.889 bits per heavy atom. The van der Waals surface area contributed by atoms with E-state index in [0.717, 1.165) is 0 Å². The fourth-order valence-corrected chi connectivity index (χ4v) is 3.16. The summed E-state index contributed by atoms with van der Waals surface area (Å²) in [5.41, 5.74) is 6.07. The first-order chi connectivity index (χ1) is 16.8. The van der Waals surface area contributed by atoms with Gasteiger partial charge >= 0.3 is 11.9 Å². The SMILES string of the molecule is CCC(C)C(NC(=O)C(CC(=O)O)NC(=O)C(N)C(C)O)C(=O)NC(Cc1ccc(O)cc1)C(=O)O. The normalized spacial score (nSPS) is 15.9. The third kappa shape index (κ3) is 9.50. The summed E-state index contributed by atoms with van der Waals surface area (Å²) in [6, 6.07) is 0.125. The molecule has 0 aliphatic heterocycles. The van der Waals surface area contributed by atoms with E-state index >= 15 is 0 Å². The van der Waals surface area contributed by atoms with Crippen LogP contribution in [-0.4, -0.2) is 80.4 Å². The third-order valence-electron chi connectivity index (χ3n) is 5.62. The standard InChI is InChI=1S/C23H34N4O9/c1-4-11(2)19(22(34)26-16(23(35)36)9-13-5-7-14(29)8-6-13)27-20(32)15(10-17(30)31)25-21(33)18(24)12(3)28/h5-8,11-12,15-16,18-19,28-29H,4,9-10,24H2,1-3H3,(H,25,33)(H,26,34)(H,27,32)(H,30,31)(H,35,36). The molecule has 0 aromatic heterocycles. The molecule has 200 valence electrons. The molecule has 0 heterocycles. The van der Waals surface area contributed by atoms with Crippen molar-refractivity contribution in [1.29, 1.82) is 0 Å². The number of nitrogens with two attached hydrogens (primary N) is 1. The van der Waals surface area contributed by atoms with Crippen LogP contribution in [0.2, 0.25) is 0 Å². The highest BCUT2D eigenvalue weighted by Crippen LogP contribution is 2.13. The molecule has 6 atom stereocenters. The molecule has 36 heavy (non-hydrogen) atoms. The number of phenols is 1. The van der Waals surface area contributed by atoms with Gasteiger partial charge in [0.15, 0.2) is 0 Å². The molecule has 1 rings (SSSR count). The number of carboxylic acids is 2. The van der Waals surface area contributed by atoms with Crippen LogP contribution in [-0.2, 0) is 30.4 Å². The predicted octanol–water partition coefficient (Wildman–Crippen LogP) is -1.30. The van der Waals surface area contributed by atoms with E-state index in [1.54, 1.807) is 13.8 Å². The van der Waals surface area contributed by atoms with Gasteiger partial charge in [-0.3, -0.25) is 19.2 Å². The van der Waals surface area contributed by atoms with E-state index in [4.69, 9.17) is 10.8 Å². The van der Waals surface area contributed by atoms with Gasteiger partial charge in [-0.2, -0.15) is 0 Å². The zero-order valence-electron chi connectivity index (χ0n) is 20.3. The summed E-state index contributed by atoms with van der Waals surface area (Å²) in [6.07, 6.45) is -1.79. The zero-order chi connectivity index (χ0) is 27.6. The van der Waals surface area contributed by atoms with Gasteiger partial charge in [-0.15, -0.1) is 0 Å². The van der Waals surface area contributed by atoms with Crippen molar-refractivity contribution in [2.45, 2.75) is 70.3 Å². The Kier molecular flexibility index (Phi) is 11.8. The monoisotopic (exact) mass is 510 g/mol. The highest BCUT2D eigenvalue weighted by molar-refractivity contribution is 5.95. The van der Waals surface area contributed by atoms with Crippen LogP contribution in [0, 0.1) is 5.92 Å². The Morgan fingerprint density at radius 3 is 1.92 bits per heavy atom. The Morgan fingerprint density at radius 2 is 1.44 bits per heavy atom. The topological polar surface area (TPSA) is 228 Å². The molecule has 0 radical (unpaired) electrons. The van der Waals surface area contributed by atoms with Crippen molar-refractivity contribution in [3.8, 4) is 5.75 Å². The van der Waals surface area contributed by atoms with Crippen molar-refractivity contribution >= 4 is 29.7 Å². The van der Waals surface area contributed by atoms with E-state index in [1.165, 1.54) is 31.2 Å². The summed E-state index contributed by atoms with van der Waals surface area (Å²) in [6.45, 7) is 4.62. The number of benzene rings is 1. The number of rotatable bonds is 14. The molecule has 0 aliphatic rings. The van der Waals surface area contributed by atoms with Crippen molar-refractivity contribution < 1.29 is 44.4 Å². The number of aromatic hydroxyl groups is 1. The Labute approximate surface area is 208 Å². The maximum atomic E-state index is 13.0. The second-order valence-electron chi connectivity index (χ2n) is 8.57. The molecule has 1 aromatic rings. The van der Waals surface area contributed by atoms with Crippen molar-refractivity contribution in [3.05, 3.63) is 29.8 Å². The van der Waals surface area contributed by atoms with Crippen LogP contribution >= 0.6 is 0 Å². The minimum absolute atomic E-state index is 0.00776. The molecule has 0 spiro atoms. The third-order valence-corrected chi connectivity index (χ3v) is 5.62. The summed E-state index contributed by atoms with van der Waals surface area (Å²) in [5, 5.41) is 44.6. The maximum absolute atomic E-state index is 13.0. The maximum Gasteiger partial charge on any atom is 0.326 e. The van der Waals surface area contributed by atoms with Gasteiger partial charge in [0.1, 0.15) is 29.9 Å². The second-order valence-corrected chi connectivity index (χ2v) is 8.57. The fraction of sp³-hybridized carbons (Fsp3) is 0.522. The Balaban J connectivity index is 3.06. The Hall–Kier alpha value is -3.71. The van der Waals surface area contributed by atoms with Gasteiger partial charge in [0.25, 0.3) is 0 Å². The van der Waals surface area contributed by atoms with Gasteiger partial charge in [-0.1, -0.05) is 32.4 Å². The number of carbonyl (C=O) groups excluding carboxylic acids is 3. The molecule has 9 N–H and O–H groups in total. The fourth-order valence-electron chi connectivity index (χ4n) is 3.16. The number of hydrogen-bond donors (Lipinski definition) is 8. The van der Waals surface area contributed by atoms with E-state index in [0.29, 0.717) is 12.0 Å². The lowest BCUT2D eigenvalue weighted by molar-refractivity contribution is -0.143. The number of nitrogens with one attached hydrogen (secondary N) is 3. The average molecular weight is 511 g/mol. The van der Waals surface area contributed by atoms with Gasteiger partial charge in [-0.25, -0.2) is 4.79 Å². The molecule has 0 saturated heterocycles. The van der Waals surface area contributed by atoms with Crippen LogP contribution in [0.15, 0.2) is 24.3 Å². The van der Waals surface area contributed by atoms with Crippen LogP contribution in [0.3, 0.4) is 0 Å². The van der Waals surface area contributed by atoms with Crippen LogP contribution in [0.4, 0.5) is 0 Å². The molecular weight excluding hydrogens is 476 g/mol. The molecule has 0 fully saturated rings. The summed E-state index contributed by atoms with van der Waals surface area (Å²) in [4.78, 5) is 61.1. The van der Waals surface area contributed by atoms with Crippen molar-refractivity contribution in [3.63, 3.8) is 0 Å². The summed E-state index contributed by atoms with van der Waals surface area (Å²) in [5.74, 6) is -6.00. The number of amides is 3. The highest BCUT2D eigenvalue weighted by atomic mass is 16.4. The molecule has 6 unspecified atom stereocenters. The minimum atomic E-state index is -1.61. The molecular formula is C23H34N4O9. The average Bonchev–Trinajstić information content (AvgIpc) is 2.81. The van der Waals surface area contributed by atoms with Crippen molar-refractivity contribution in [1.82, 2.24) is 16.0 Å². The lowest BCUT2D eigenvalue weighted by Crippen LogP contribution is -2.59. The zero-order valence-corrected chi connectivity index (χ0v) is 20.3. The summed E-state index contributed by atoms with van der Waals surface area (Å²) >= 11 is 0. The number of hydrogen-bond acceptors (Lipinski definition) is 8. The van der Waals surface area contributed by atoms with Gasteiger partial charge in [-0.05, 0) is 30.5 Å². The smallest absolute Gasteiger partial charge is 0.326 e. The van der Waals surface area contributed by atoms with Gasteiger partial charge in [0.05, 0.1) is 12.5 Å². The highest BCUT2D eigenvalue weighted by Gasteiger charge is 2.34. The molecule has 13 heteroatoms. The molecule has 0 saturated carbocycles. The van der Waals surface area contributed by atoms with Gasteiger partial charge in [0.2, 0.25) is 17.7 Å². The molecule has 1 aromatic carbocycles. The van der Waals surface area contributed by atoms with Crippen LogP contribution in [0.1, 0.15) is 39.2 Å². The van der Waals surface area contributed by atoms with E-state index in [1.807, 2.05) is 0 Å².